The van der Waals surface area contributed by atoms with Crippen molar-refractivity contribution in [3.05, 3.63) is 64.4 Å². The number of urea groups is 1. The quantitative estimate of drug-likeness (QED) is 0.845. The molecule has 1 aliphatic heterocycles. The average Bonchev–Trinajstić information content (AvgIpc) is 2.71. The van der Waals surface area contributed by atoms with Crippen LogP contribution in [0, 0.1) is 5.82 Å². The number of para-hydroxylation sites is 1. The van der Waals surface area contributed by atoms with Crippen molar-refractivity contribution in [3.8, 4) is 0 Å². The Balaban J connectivity index is 1.72. The molecule has 0 bridgehead atoms. The normalized spacial score (nSPS) is 13.9. The number of nitrogens with one attached hydrogen (secondary N) is 1. The lowest BCUT2D eigenvalue weighted by molar-refractivity contribution is 0.0303. The van der Waals surface area contributed by atoms with Crippen LogP contribution in [-0.2, 0) is 11.3 Å². The Morgan fingerprint density at radius 1 is 1.18 bits per heavy atom. The lowest BCUT2D eigenvalue weighted by atomic mass is 10.1. The van der Waals surface area contributed by atoms with Crippen LogP contribution in [0.5, 0.6) is 0 Å². The van der Waals surface area contributed by atoms with Gasteiger partial charge < -0.3 is 19.9 Å². The van der Waals surface area contributed by atoms with E-state index in [1.807, 2.05) is 0 Å². The highest BCUT2D eigenvalue weighted by Gasteiger charge is 2.22. The third kappa shape index (κ3) is 4.61. The second kappa shape index (κ2) is 9.03. The summed E-state index contributed by atoms with van der Waals surface area (Å²) in [5.74, 6) is -0.644. The number of benzene rings is 2. The van der Waals surface area contributed by atoms with Gasteiger partial charge in [-0.25, -0.2) is 9.18 Å². The first-order valence-corrected chi connectivity index (χ1v) is 9.26. The number of halogens is 2. The molecular weight excluding hydrogens is 385 g/mol. The van der Waals surface area contributed by atoms with Crippen molar-refractivity contribution in [2.75, 3.05) is 38.7 Å². The second-order valence-electron chi connectivity index (χ2n) is 6.44. The van der Waals surface area contributed by atoms with Gasteiger partial charge in [0, 0.05) is 30.7 Å². The van der Waals surface area contributed by atoms with Gasteiger partial charge >= 0.3 is 6.03 Å². The zero-order valence-corrected chi connectivity index (χ0v) is 16.2. The highest BCUT2D eigenvalue weighted by atomic mass is 35.5. The molecule has 2 aromatic carbocycles. The van der Waals surface area contributed by atoms with Crippen molar-refractivity contribution >= 4 is 29.2 Å². The van der Waals surface area contributed by atoms with E-state index in [1.165, 1.54) is 24.1 Å². The second-order valence-corrected chi connectivity index (χ2v) is 6.84. The summed E-state index contributed by atoms with van der Waals surface area (Å²) in [5, 5.41) is 2.98. The van der Waals surface area contributed by atoms with Crippen molar-refractivity contribution in [2.45, 2.75) is 6.54 Å². The lowest BCUT2D eigenvalue weighted by Gasteiger charge is -2.28. The number of carbonyl (C=O) groups excluding carboxylic acids is 2. The van der Waals surface area contributed by atoms with Gasteiger partial charge in [0.1, 0.15) is 5.82 Å². The summed E-state index contributed by atoms with van der Waals surface area (Å²) < 4.78 is 19.2. The van der Waals surface area contributed by atoms with Gasteiger partial charge in [0.05, 0.1) is 31.0 Å². The molecule has 0 unspecified atom stereocenters. The van der Waals surface area contributed by atoms with E-state index >= 15 is 0 Å². The van der Waals surface area contributed by atoms with E-state index in [-0.39, 0.29) is 23.0 Å². The van der Waals surface area contributed by atoms with Crippen molar-refractivity contribution in [1.29, 1.82) is 0 Å². The van der Waals surface area contributed by atoms with Crippen LogP contribution in [0.3, 0.4) is 0 Å². The summed E-state index contributed by atoms with van der Waals surface area (Å²) in [5.41, 5.74) is 1.03. The molecule has 148 valence electrons. The first kappa shape index (κ1) is 20.1. The van der Waals surface area contributed by atoms with Gasteiger partial charge in [0.15, 0.2) is 0 Å². The minimum Gasteiger partial charge on any atom is -0.378 e. The van der Waals surface area contributed by atoms with Gasteiger partial charge in [-0.05, 0) is 24.3 Å². The van der Waals surface area contributed by atoms with Crippen LogP contribution in [0.15, 0.2) is 42.5 Å². The maximum absolute atomic E-state index is 14.0. The molecule has 1 saturated heterocycles. The zero-order chi connectivity index (χ0) is 20.1. The summed E-state index contributed by atoms with van der Waals surface area (Å²) in [6, 6.07) is 10.7. The number of hydrogen-bond donors (Lipinski definition) is 1. The van der Waals surface area contributed by atoms with E-state index in [4.69, 9.17) is 16.3 Å². The topological polar surface area (TPSA) is 61.9 Å². The number of nitrogens with zero attached hydrogens (tertiary/aromatic N) is 2. The highest BCUT2D eigenvalue weighted by Crippen LogP contribution is 2.22. The lowest BCUT2D eigenvalue weighted by Crippen LogP contribution is -2.41. The van der Waals surface area contributed by atoms with Crippen LogP contribution >= 0.6 is 11.6 Å². The number of carbonyl (C=O) groups is 2. The summed E-state index contributed by atoms with van der Waals surface area (Å²) in [6.07, 6.45) is 0. The Labute approximate surface area is 167 Å². The molecular formula is C20H21ClFN3O3. The first-order chi connectivity index (χ1) is 13.5. The predicted molar refractivity (Wildman–Crippen MR) is 105 cm³/mol. The molecule has 1 heterocycles. The van der Waals surface area contributed by atoms with Crippen LogP contribution in [0.25, 0.3) is 0 Å². The smallest absolute Gasteiger partial charge is 0.321 e. The Morgan fingerprint density at radius 3 is 2.61 bits per heavy atom. The molecule has 0 spiro atoms. The van der Waals surface area contributed by atoms with Crippen LogP contribution in [0.1, 0.15) is 15.9 Å². The van der Waals surface area contributed by atoms with E-state index in [0.29, 0.717) is 37.6 Å². The van der Waals surface area contributed by atoms with E-state index in [2.05, 4.69) is 5.32 Å². The van der Waals surface area contributed by atoms with Gasteiger partial charge in [-0.2, -0.15) is 0 Å². The van der Waals surface area contributed by atoms with Crippen LogP contribution < -0.4 is 5.32 Å². The summed E-state index contributed by atoms with van der Waals surface area (Å²) in [7, 11) is 1.53. The molecule has 1 fully saturated rings. The standard InChI is InChI=1S/C20H21ClFN3O3/c1-24(13-15-16(21)6-4-7-17(15)22)20(27)23-18-8-3-2-5-14(18)19(26)25-9-11-28-12-10-25/h2-8H,9-13H2,1H3,(H,23,27). The molecule has 1 aliphatic rings. The molecule has 1 N–H and O–H groups in total. The highest BCUT2D eigenvalue weighted by molar-refractivity contribution is 6.31. The zero-order valence-electron chi connectivity index (χ0n) is 15.5. The van der Waals surface area contributed by atoms with Crippen molar-refractivity contribution in [2.24, 2.45) is 0 Å². The fraction of sp³-hybridized carbons (Fsp3) is 0.300. The number of anilines is 1. The van der Waals surface area contributed by atoms with Crippen LogP contribution in [0.4, 0.5) is 14.9 Å². The monoisotopic (exact) mass is 405 g/mol. The Bertz CT molecular complexity index is 851. The van der Waals surface area contributed by atoms with E-state index < -0.39 is 11.8 Å². The average molecular weight is 406 g/mol. The minimum atomic E-state index is -0.477. The van der Waals surface area contributed by atoms with Crippen molar-refractivity contribution in [3.63, 3.8) is 0 Å². The minimum absolute atomic E-state index is 0.00306. The van der Waals surface area contributed by atoms with Gasteiger partial charge in [0.25, 0.3) is 5.91 Å². The van der Waals surface area contributed by atoms with Gasteiger partial charge in [-0.15, -0.1) is 0 Å². The molecule has 0 radical (unpaired) electrons. The van der Waals surface area contributed by atoms with Crippen LogP contribution in [0.2, 0.25) is 5.02 Å². The molecule has 3 amide bonds. The third-order valence-electron chi connectivity index (χ3n) is 4.50. The SMILES string of the molecule is CN(Cc1c(F)cccc1Cl)C(=O)Nc1ccccc1C(=O)N1CCOCC1. The predicted octanol–water partition coefficient (Wildman–Crippen LogP) is 3.62. The van der Waals surface area contributed by atoms with E-state index in [0.717, 1.165) is 0 Å². The molecule has 0 aliphatic carbocycles. The van der Waals surface area contributed by atoms with Crippen molar-refractivity contribution in [1.82, 2.24) is 9.80 Å². The molecule has 0 saturated carbocycles. The van der Waals surface area contributed by atoms with Gasteiger partial charge in [0.2, 0.25) is 0 Å². The van der Waals surface area contributed by atoms with Gasteiger partial charge in [-0.3, -0.25) is 4.79 Å². The Morgan fingerprint density at radius 2 is 1.89 bits per heavy atom. The number of rotatable bonds is 4. The summed E-state index contributed by atoms with van der Waals surface area (Å²) in [6.45, 7) is 2.00. The van der Waals surface area contributed by atoms with Crippen LogP contribution in [-0.4, -0.2) is 55.1 Å². The first-order valence-electron chi connectivity index (χ1n) is 8.88. The number of amides is 3. The Hall–Kier alpha value is -2.64. The molecule has 28 heavy (non-hydrogen) atoms. The molecule has 0 aromatic heterocycles. The molecule has 3 rings (SSSR count). The third-order valence-corrected chi connectivity index (χ3v) is 4.86. The maximum Gasteiger partial charge on any atom is 0.321 e. The molecule has 2 aromatic rings. The molecule has 8 heteroatoms. The Kier molecular flexibility index (Phi) is 6.49. The van der Waals surface area contributed by atoms with E-state index in [1.54, 1.807) is 35.2 Å². The number of ether oxygens (including phenoxy) is 1. The van der Waals surface area contributed by atoms with E-state index in [9.17, 15) is 14.0 Å². The summed E-state index contributed by atoms with van der Waals surface area (Å²) >= 11 is 6.03. The fourth-order valence-corrected chi connectivity index (χ4v) is 3.14. The van der Waals surface area contributed by atoms with Crippen molar-refractivity contribution < 1.29 is 18.7 Å². The number of hydrogen-bond acceptors (Lipinski definition) is 3. The fourth-order valence-electron chi connectivity index (χ4n) is 2.92. The summed E-state index contributed by atoms with van der Waals surface area (Å²) in [4.78, 5) is 28.4. The molecule has 6 nitrogen and oxygen atoms in total. The molecule has 0 atom stereocenters. The largest absolute Gasteiger partial charge is 0.378 e. The number of morpholine rings is 1. The maximum atomic E-state index is 14.0. The van der Waals surface area contributed by atoms with Gasteiger partial charge in [-0.1, -0.05) is 29.8 Å².